The lowest BCUT2D eigenvalue weighted by atomic mass is 10.1. The van der Waals surface area contributed by atoms with E-state index in [1.807, 2.05) is 25.3 Å². The maximum atomic E-state index is 11.5. The van der Waals surface area contributed by atoms with Crippen molar-refractivity contribution in [2.75, 3.05) is 26.8 Å². The maximum absolute atomic E-state index is 11.5. The van der Waals surface area contributed by atoms with Crippen LogP contribution in [0.5, 0.6) is 0 Å². The topological polar surface area (TPSA) is 72.5 Å². The van der Waals surface area contributed by atoms with Gasteiger partial charge in [-0.15, -0.1) is 0 Å². The van der Waals surface area contributed by atoms with Crippen LogP contribution in [0.15, 0.2) is 28.8 Å². The number of fused-ring (bicyclic) bond motifs is 1. The van der Waals surface area contributed by atoms with Gasteiger partial charge in [0.15, 0.2) is 0 Å². The predicted octanol–water partition coefficient (Wildman–Crippen LogP) is 1.49. The van der Waals surface area contributed by atoms with Crippen molar-refractivity contribution in [2.45, 2.75) is 32.5 Å². The number of nitrogens with zero attached hydrogens (tertiary/aromatic N) is 3. The zero-order valence-corrected chi connectivity index (χ0v) is 14.2. The van der Waals surface area contributed by atoms with E-state index in [-0.39, 0.29) is 18.6 Å². The number of hydrogen-bond donors (Lipinski definition) is 1. The molecule has 1 aliphatic heterocycles. The van der Waals surface area contributed by atoms with Crippen molar-refractivity contribution in [2.24, 2.45) is 0 Å². The van der Waals surface area contributed by atoms with E-state index in [2.05, 4.69) is 26.1 Å². The molecular weight excluding hydrogens is 308 g/mol. The second-order valence-electron chi connectivity index (χ2n) is 6.17. The number of rotatable bonds is 7. The molecule has 7 nitrogen and oxygen atoms in total. The highest BCUT2D eigenvalue weighted by atomic mass is 16.5. The van der Waals surface area contributed by atoms with E-state index >= 15 is 0 Å². The molecule has 130 valence electrons. The molecule has 0 bridgehead atoms. The van der Waals surface area contributed by atoms with Crippen LogP contribution in [0.1, 0.15) is 29.7 Å². The van der Waals surface area contributed by atoms with Gasteiger partial charge < -0.3 is 14.5 Å². The molecular formula is C17H24N4O3. The number of amides is 1. The number of carbonyl (C=O) groups excluding carboxylic acids is 1. The highest BCUT2D eigenvalue weighted by Crippen LogP contribution is 2.24. The van der Waals surface area contributed by atoms with Crippen molar-refractivity contribution >= 4 is 5.91 Å². The number of nitrogens with one attached hydrogen (secondary N) is 1. The zero-order chi connectivity index (χ0) is 16.9. The first kappa shape index (κ1) is 16.7. The highest BCUT2D eigenvalue weighted by molar-refractivity contribution is 5.77. The van der Waals surface area contributed by atoms with Crippen LogP contribution in [0.25, 0.3) is 0 Å². The Labute approximate surface area is 141 Å². The fourth-order valence-electron chi connectivity index (χ4n) is 3.15. The smallest absolute Gasteiger partial charge is 0.245 e. The number of aryl methyl sites for hydroxylation is 1. The van der Waals surface area contributed by atoms with E-state index in [0.717, 1.165) is 37.6 Å². The fourth-order valence-corrected chi connectivity index (χ4v) is 3.15. The molecule has 24 heavy (non-hydrogen) atoms. The lowest BCUT2D eigenvalue weighted by Gasteiger charge is -2.33. The normalized spacial score (nSPS) is 17.7. The average Bonchev–Trinajstić information content (AvgIpc) is 3.16. The molecule has 1 aliphatic rings. The first-order chi connectivity index (χ1) is 11.7. The van der Waals surface area contributed by atoms with Gasteiger partial charge in [-0.1, -0.05) is 0 Å². The molecule has 0 radical (unpaired) electrons. The van der Waals surface area contributed by atoms with Gasteiger partial charge in [0, 0.05) is 32.9 Å². The van der Waals surface area contributed by atoms with Crippen LogP contribution in [-0.2, 0) is 22.6 Å². The molecule has 2 aromatic rings. The second-order valence-corrected chi connectivity index (χ2v) is 6.17. The minimum absolute atomic E-state index is 0.0862. The minimum atomic E-state index is -0.0862. The molecule has 3 rings (SSSR count). The number of aromatic nitrogens is 2. The van der Waals surface area contributed by atoms with E-state index in [1.165, 1.54) is 12.8 Å². The quantitative estimate of drug-likeness (QED) is 0.832. The van der Waals surface area contributed by atoms with Gasteiger partial charge in [0.1, 0.15) is 18.1 Å². The molecule has 0 aliphatic carbocycles. The molecule has 0 saturated heterocycles. The monoisotopic (exact) mass is 332 g/mol. The molecule has 3 heterocycles. The van der Waals surface area contributed by atoms with Gasteiger partial charge in [-0.05, 0) is 31.5 Å². The van der Waals surface area contributed by atoms with Crippen molar-refractivity contribution in [3.05, 3.63) is 41.6 Å². The predicted molar refractivity (Wildman–Crippen MR) is 88.3 cm³/mol. The molecule has 1 atom stereocenters. The van der Waals surface area contributed by atoms with Crippen molar-refractivity contribution < 1.29 is 13.9 Å². The van der Waals surface area contributed by atoms with E-state index in [4.69, 9.17) is 9.15 Å². The number of furan rings is 1. The fraction of sp³-hybridized carbons (Fsp3) is 0.529. The third-order valence-electron chi connectivity index (χ3n) is 4.20. The maximum Gasteiger partial charge on any atom is 0.245 e. The van der Waals surface area contributed by atoms with Crippen LogP contribution < -0.4 is 5.32 Å². The Bertz CT molecular complexity index is 679. The number of carbonyl (C=O) groups is 1. The van der Waals surface area contributed by atoms with Gasteiger partial charge in [-0.25, -0.2) is 0 Å². The van der Waals surface area contributed by atoms with Crippen LogP contribution in [0.3, 0.4) is 0 Å². The van der Waals surface area contributed by atoms with E-state index in [9.17, 15) is 4.79 Å². The van der Waals surface area contributed by atoms with E-state index in [1.54, 1.807) is 0 Å². The Balaban J connectivity index is 1.60. The Morgan fingerprint density at radius 1 is 1.46 bits per heavy atom. The van der Waals surface area contributed by atoms with E-state index in [0.29, 0.717) is 6.54 Å². The van der Waals surface area contributed by atoms with Crippen LogP contribution in [0, 0.1) is 6.92 Å². The van der Waals surface area contributed by atoms with Crippen molar-refractivity contribution in [1.82, 2.24) is 20.0 Å². The van der Waals surface area contributed by atoms with Gasteiger partial charge in [0.05, 0.1) is 18.3 Å². The van der Waals surface area contributed by atoms with Crippen LogP contribution in [0.2, 0.25) is 0 Å². The van der Waals surface area contributed by atoms with Crippen LogP contribution in [-0.4, -0.2) is 47.4 Å². The Morgan fingerprint density at radius 3 is 3.08 bits per heavy atom. The summed E-state index contributed by atoms with van der Waals surface area (Å²) in [7, 11) is 1.52. The van der Waals surface area contributed by atoms with Crippen LogP contribution >= 0.6 is 0 Å². The number of methoxy groups -OCH3 is 1. The van der Waals surface area contributed by atoms with Crippen molar-refractivity contribution in [3.63, 3.8) is 0 Å². The summed E-state index contributed by atoms with van der Waals surface area (Å²) in [6.07, 6.45) is 2.67. The first-order valence-electron chi connectivity index (χ1n) is 8.21. The number of hydrogen-bond acceptors (Lipinski definition) is 5. The third kappa shape index (κ3) is 4.04. The van der Waals surface area contributed by atoms with Gasteiger partial charge >= 0.3 is 0 Å². The lowest BCUT2D eigenvalue weighted by Crippen LogP contribution is -2.39. The molecule has 0 spiro atoms. The summed E-state index contributed by atoms with van der Waals surface area (Å²) in [5, 5.41) is 7.33. The van der Waals surface area contributed by atoms with Gasteiger partial charge in [-0.2, -0.15) is 5.10 Å². The first-order valence-corrected chi connectivity index (χ1v) is 8.21. The molecule has 1 amide bonds. The Hall–Kier alpha value is -2.12. The molecule has 0 fully saturated rings. The summed E-state index contributed by atoms with van der Waals surface area (Å²) in [4.78, 5) is 13.9. The molecule has 0 saturated carbocycles. The molecule has 0 aromatic carbocycles. The van der Waals surface area contributed by atoms with Gasteiger partial charge in [0.25, 0.3) is 0 Å². The summed E-state index contributed by atoms with van der Waals surface area (Å²) in [5.74, 6) is 1.83. The summed E-state index contributed by atoms with van der Waals surface area (Å²) in [5.41, 5.74) is 1.19. The highest BCUT2D eigenvalue weighted by Gasteiger charge is 2.26. The third-order valence-corrected chi connectivity index (χ3v) is 4.20. The molecule has 2 aromatic heterocycles. The summed E-state index contributed by atoms with van der Waals surface area (Å²) >= 11 is 0. The number of ether oxygens (including phenoxy) is 1. The van der Waals surface area contributed by atoms with Gasteiger partial charge in [0.2, 0.25) is 5.91 Å². The van der Waals surface area contributed by atoms with Crippen molar-refractivity contribution in [3.8, 4) is 0 Å². The summed E-state index contributed by atoms with van der Waals surface area (Å²) in [6.45, 7) is 5.19. The average molecular weight is 332 g/mol. The van der Waals surface area contributed by atoms with Crippen LogP contribution in [0.4, 0.5) is 0 Å². The lowest BCUT2D eigenvalue weighted by molar-refractivity contribution is -0.124. The van der Waals surface area contributed by atoms with E-state index < -0.39 is 0 Å². The Kier molecular flexibility index (Phi) is 5.32. The van der Waals surface area contributed by atoms with Gasteiger partial charge in [-0.3, -0.25) is 14.4 Å². The summed E-state index contributed by atoms with van der Waals surface area (Å²) < 4.78 is 12.6. The largest absolute Gasteiger partial charge is 0.465 e. The Morgan fingerprint density at radius 2 is 2.33 bits per heavy atom. The molecule has 7 heteroatoms. The summed E-state index contributed by atoms with van der Waals surface area (Å²) in [6, 6.07) is 6.31. The molecule has 1 N–H and O–H groups in total. The SMILES string of the molecule is COCC(=O)NCC[C@H]1CN(Cc2ccc(C)o2)Cc2ccnn21. The minimum Gasteiger partial charge on any atom is -0.465 e. The second kappa shape index (κ2) is 7.63. The molecule has 0 unspecified atom stereocenters. The zero-order valence-electron chi connectivity index (χ0n) is 14.2. The van der Waals surface area contributed by atoms with Crippen molar-refractivity contribution in [1.29, 1.82) is 0 Å². The standard InChI is InChI=1S/C17H24N4O3/c1-13-3-4-16(24-13)11-20-9-14(5-7-18-17(22)12-23-2)21-15(10-20)6-8-19-21/h3-4,6,8,14H,5,7,9-12H2,1-2H3,(H,18,22)/t14-/m0/s1.